The minimum atomic E-state index is -0.0168. The van der Waals surface area contributed by atoms with E-state index in [4.69, 9.17) is 0 Å². The van der Waals surface area contributed by atoms with Crippen LogP contribution in [0.3, 0.4) is 0 Å². The van der Waals surface area contributed by atoms with Crippen LogP contribution < -0.4 is 5.32 Å². The van der Waals surface area contributed by atoms with Gasteiger partial charge in [-0.05, 0) is 27.8 Å². The van der Waals surface area contributed by atoms with Crippen LogP contribution in [0.25, 0.3) is 0 Å². The summed E-state index contributed by atoms with van der Waals surface area (Å²) in [6.07, 6.45) is 0. The van der Waals surface area contributed by atoms with Crippen molar-refractivity contribution in [2.45, 2.75) is 26.8 Å². The Morgan fingerprint density at radius 3 is 2.64 bits per heavy atom. The van der Waals surface area contributed by atoms with Crippen LogP contribution in [-0.4, -0.2) is 34.4 Å². The Morgan fingerprint density at radius 2 is 2.21 bits per heavy atom. The van der Waals surface area contributed by atoms with E-state index in [9.17, 15) is 4.79 Å². The van der Waals surface area contributed by atoms with Gasteiger partial charge in [-0.15, -0.1) is 5.10 Å². The van der Waals surface area contributed by atoms with Gasteiger partial charge in [0.05, 0.1) is 12.2 Å². The molecule has 1 rings (SSSR count). The molecular formula is C9H16N4O. The maximum Gasteiger partial charge on any atom is 0.198 e. The van der Waals surface area contributed by atoms with Crippen molar-refractivity contribution in [2.24, 2.45) is 0 Å². The number of carbonyl (C=O) groups is 1. The Bertz CT molecular complexity index is 330. The summed E-state index contributed by atoms with van der Waals surface area (Å²) in [6.45, 7) is 6.18. The first kappa shape index (κ1) is 10.8. The van der Waals surface area contributed by atoms with E-state index in [-0.39, 0.29) is 11.8 Å². The van der Waals surface area contributed by atoms with Gasteiger partial charge in [-0.2, -0.15) is 0 Å². The maximum atomic E-state index is 11.5. The van der Waals surface area contributed by atoms with E-state index < -0.39 is 0 Å². The molecule has 0 aliphatic carbocycles. The molecule has 0 atom stereocenters. The molecule has 0 aliphatic heterocycles. The maximum absolute atomic E-state index is 11.5. The minimum absolute atomic E-state index is 0.0168. The smallest absolute Gasteiger partial charge is 0.198 e. The zero-order valence-corrected chi connectivity index (χ0v) is 9.03. The van der Waals surface area contributed by atoms with E-state index in [1.54, 1.807) is 11.7 Å². The first-order valence-electron chi connectivity index (χ1n) is 4.67. The van der Waals surface area contributed by atoms with Gasteiger partial charge in [0.1, 0.15) is 0 Å². The summed E-state index contributed by atoms with van der Waals surface area (Å²) in [4.78, 5) is 11.5. The molecule has 0 saturated carbocycles. The SMILES string of the molecule is CNCC(=O)c1nnn(C(C)C)c1C. The third-order valence-corrected chi connectivity index (χ3v) is 2.02. The number of hydrogen-bond donors (Lipinski definition) is 1. The van der Waals surface area contributed by atoms with Crippen LogP contribution in [-0.2, 0) is 0 Å². The van der Waals surface area contributed by atoms with Crippen molar-refractivity contribution >= 4 is 5.78 Å². The minimum Gasteiger partial charge on any atom is -0.313 e. The zero-order valence-electron chi connectivity index (χ0n) is 9.03. The molecule has 0 bridgehead atoms. The Morgan fingerprint density at radius 1 is 1.57 bits per heavy atom. The van der Waals surface area contributed by atoms with Gasteiger partial charge in [0, 0.05) is 6.04 Å². The van der Waals surface area contributed by atoms with Crippen molar-refractivity contribution in [3.05, 3.63) is 11.4 Å². The van der Waals surface area contributed by atoms with Crippen LogP contribution in [0.4, 0.5) is 0 Å². The summed E-state index contributed by atoms with van der Waals surface area (Å²) in [5, 5.41) is 10.6. The van der Waals surface area contributed by atoms with Crippen LogP contribution >= 0.6 is 0 Å². The van der Waals surface area contributed by atoms with E-state index in [0.29, 0.717) is 12.2 Å². The van der Waals surface area contributed by atoms with E-state index in [1.165, 1.54) is 0 Å². The van der Waals surface area contributed by atoms with Crippen LogP contribution in [0.15, 0.2) is 0 Å². The molecule has 0 fully saturated rings. The lowest BCUT2D eigenvalue weighted by atomic mass is 10.2. The van der Waals surface area contributed by atoms with E-state index in [2.05, 4.69) is 15.6 Å². The topological polar surface area (TPSA) is 59.8 Å². The molecule has 0 spiro atoms. The predicted molar refractivity (Wildman–Crippen MR) is 53.4 cm³/mol. The van der Waals surface area contributed by atoms with Crippen molar-refractivity contribution in [1.29, 1.82) is 0 Å². The zero-order chi connectivity index (χ0) is 10.7. The quantitative estimate of drug-likeness (QED) is 0.715. The number of aromatic nitrogens is 3. The lowest BCUT2D eigenvalue weighted by Crippen LogP contribution is -2.20. The van der Waals surface area contributed by atoms with Crippen LogP contribution in [0.2, 0.25) is 0 Å². The second-order valence-electron chi connectivity index (χ2n) is 3.52. The van der Waals surface area contributed by atoms with Gasteiger partial charge in [0.25, 0.3) is 0 Å². The van der Waals surface area contributed by atoms with Gasteiger partial charge in [-0.25, -0.2) is 4.68 Å². The average molecular weight is 196 g/mol. The fourth-order valence-electron chi connectivity index (χ4n) is 1.33. The van der Waals surface area contributed by atoms with Crippen molar-refractivity contribution in [3.63, 3.8) is 0 Å². The van der Waals surface area contributed by atoms with Crippen molar-refractivity contribution in [3.8, 4) is 0 Å². The molecular weight excluding hydrogens is 180 g/mol. The summed E-state index contributed by atoms with van der Waals surface area (Å²) in [5.74, 6) is -0.0168. The van der Waals surface area contributed by atoms with Gasteiger partial charge in [-0.3, -0.25) is 4.79 Å². The second kappa shape index (κ2) is 4.32. The highest BCUT2D eigenvalue weighted by atomic mass is 16.1. The number of Topliss-reactive ketones (excluding diaryl/α,β-unsaturated/α-hetero) is 1. The fraction of sp³-hybridized carbons (Fsp3) is 0.667. The largest absolute Gasteiger partial charge is 0.313 e. The second-order valence-corrected chi connectivity index (χ2v) is 3.52. The summed E-state index contributed by atoms with van der Waals surface area (Å²) in [6, 6.07) is 0.235. The number of rotatable bonds is 4. The molecule has 1 aromatic rings. The molecule has 0 aromatic carbocycles. The average Bonchev–Trinajstić information content (AvgIpc) is 2.47. The molecule has 1 N–H and O–H groups in total. The molecule has 0 radical (unpaired) electrons. The van der Waals surface area contributed by atoms with Crippen molar-refractivity contribution in [1.82, 2.24) is 20.3 Å². The lowest BCUT2D eigenvalue weighted by Gasteiger charge is -2.06. The van der Waals surface area contributed by atoms with E-state index >= 15 is 0 Å². The van der Waals surface area contributed by atoms with Crippen LogP contribution in [0, 0.1) is 6.92 Å². The van der Waals surface area contributed by atoms with E-state index in [0.717, 1.165) is 5.69 Å². The highest BCUT2D eigenvalue weighted by Gasteiger charge is 2.16. The van der Waals surface area contributed by atoms with Crippen LogP contribution in [0.5, 0.6) is 0 Å². The summed E-state index contributed by atoms with van der Waals surface area (Å²) >= 11 is 0. The number of hydrogen-bond acceptors (Lipinski definition) is 4. The standard InChI is InChI=1S/C9H16N4O/c1-6(2)13-7(3)9(11-12-13)8(14)5-10-4/h6,10H,5H2,1-4H3. The molecule has 78 valence electrons. The normalized spacial score (nSPS) is 10.9. The molecule has 14 heavy (non-hydrogen) atoms. The molecule has 0 saturated heterocycles. The highest BCUT2D eigenvalue weighted by molar-refractivity contribution is 5.96. The van der Waals surface area contributed by atoms with Crippen molar-refractivity contribution < 1.29 is 4.79 Å². The molecule has 0 aliphatic rings. The molecule has 0 unspecified atom stereocenters. The van der Waals surface area contributed by atoms with Gasteiger partial charge >= 0.3 is 0 Å². The Labute approximate surface area is 83.5 Å². The number of likely N-dealkylation sites (N-methyl/N-ethyl adjacent to an activating group) is 1. The fourth-order valence-corrected chi connectivity index (χ4v) is 1.33. The predicted octanol–water partition coefficient (Wildman–Crippen LogP) is 0.570. The molecule has 5 nitrogen and oxygen atoms in total. The lowest BCUT2D eigenvalue weighted by molar-refractivity contribution is 0.0988. The Balaban J connectivity index is 2.95. The summed E-state index contributed by atoms with van der Waals surface area (Å²) in [7, 11) is 1.74. The number of nitrogens with zero attached hydrogens (tertiary/aromatic N) is 3. The van der Waals surface area contributed by atoms with Gasteiger partial charge in [-0.1, -0.05) is 5.21 Å². The molecule has 0 amide bonds. The number of nitrogens with one attached hydrogen (secondary N) is 1. The molecule has 1 aromatic heterocycles. The highest BCUT2D eigenvalue weighted by Crippen LogP contribution is 2.10. The summed E-state index contributed by atoms with van der Waals surface area (Å²) in [5.41, 5.74) is 1.30. The first-order chi connectivity index (χ1) is 6.57. The van der Waals surface area contributed by atoms with Gasteiger partial charge in [0.15, 0.2) is 11.5 Å². The van der Waals surface area contributed by atoms with Gasteiger partial charge in [0.2, 0.25) is 0 Å². The molecule has 5 heteroatoms. The number of ketones is 1. The Kier molecular flexibility index (Phi) is 3.35. The van der Waals surface area contributed by atoms with Crippen molar-refractivity contribution in [2.75, 3.05) is 13.6 Å². The third kappa shape index (κ3) is 1.98. The number of carbonyl (C=O) groups excluding carboxylic acids is 1. The first-order valence-corrected chi connectivity index (χ1v) is 4.67. The third-order valence-electron chi connectivity index (χ3n) is 2.02. The van der Waals surface area contributed by atoms with E-state index in [1.807, 2.05) is 20.8 Å². The van der Waals surface area contributed by atoms with Gasteiger partial charge < -0.3 is 5.32 Å². The van der Waals surface area contributed by atoms with Crippen LogP contribution in [0.1, 0.15) is 36.1 Å². The monoisotopic (exact) mass is 196 g/mol. The summed E-state index contributed by atoms with van der Waals surface area (Å²) < 4.78 is 1.75. The molecule has 1 heterocycles. The Hall–Kier alpha value is -1.23.